The van der Waals surface area contributed by atoms with Crippen molar-refractivity contribution in [1.29, 1.82) is 0 Å². The van der Waals surface area contributed by atoms with Crippen LogP contribution in [0.2, 0.25) is 0 Å². The molecule has 2 heterocycles. The number of fused-ring (bicyclic) bond motifs is 6. The van der Waals surface area contributed by atoms with Gasteiger partial charge in [-0.05, 0) is 187 Å². The second-order valence-electron chi connectivity index (χ2n) is 33.7. The Hall–Kier alpha value is -6.71. The van der Waals surface area contributed by atoms with Gasteiger partial charge in [0, 0.05) is 70.6 Å². The van der Waals surface area contributed by atoms with E-state index in [0.717, 1.165) is 67.6 Å². The first kappa shape index (κ1) is 73.7. The second kappa shape index (κ2) is 25.8. The number of aliphatic hydroxyl groups is 2. The van der Waals surface area contributed by atoms with Crippen molar-refractivity contribution in [2.75, 3.05) is 13.2 Å². The summed E-state index contributed by atoms with van der Waals surface area (Å²) in [6.45, 7) is 49.6. The summed E-state index contributed by atoms with van der Waals surface area (Å²) in [6, 6.07) is 44.1. The van der Waals surface area contributed by atoms with Crippen LogP contribution in [0.3, 0.4) is 0 Å². The van der Waals surface area contributed by atoms with Crippen LogP contribution < -0.4 is 0 Å². The maximum Gasteiger partial charge on any atom is 0.263 e. The van der Waals surface area contributed by atoms with Crippen LogP contribution in [0.5, 0.6) is 23.0 Å². The molecule has 0 unspecified atom stereocenters. The van der Waals surface area contributed by atoms with Gasteiger partial charge in [-0.1, -0.05) is 177 Å². The van der Waals surface area contributed by atoms with Crippen LogP contribution in [-0.4, -0.2) is 42.0 Å². The van der Waals surface area contributed by atoms with Crippen molar-refractivity contribution in [2.45, 2.75) is 198 Å². The summed E-state index contributed by atoms with van der Waals surface area (Å²) in [5, 5.41) is 30.5. The predicted octanol–water partition coefficient (Wildman–Crippen LogP) is 23.6. The van der Waals surface area contributed by atoms with E-state index in [1.807, 2.05) is 12.1 Å². The molecule has 0 saturated heterocycles. The quantitative estimate of drug-likeness (QED) is 0.0522. The Morgan fingerprint density at radius 3 is 0.849 bits per heavy atom. The van der Waals surface area contributed by atoms with Gasteiger partial charge in [-0.2, -0.15) is 0 Å². The van der Waals surface area contributed by atoms with Gasteiger partial charge in [0.15, 0.2) is 0 Å². The van der Waals surface area contributed by atoms with Crippen molar-refractivity contribution in [3.8, 4) is 56.6 Å². The summed E-state index contributed by atoms with van der Waals surface area (Å²) in [5.41, 5.74) is 12.5. The van der Waals surface area contributed by atoms with Crippen LogP contribution in [0.25, 0.3) is 77.2 Å². The predicted molar refractivity (Wildman–Crippen MR) is 391 cm³/mol. The van der Waals surface area contributed by atoms with E-state index in [-0.39, 0.29) is 109 Å². The number of benzene rings is 8. The zero-order chi connectivity index (χ0) is 66.0. The molecule has 2 aromatic heterocycles. The van der Waals surface area contributed by atoms with Gasteiger partial charge in [-0.25, -0.2) is 8.78 Å². The zero-order valence-electron chi connectivity index (χ0n) is 60.5. The molecule has 494 valence electrons. The fourth-order valence-corrected chi connectivity index (χ4v) is 14.1. The number of hydrogen-bond donors (Lipinski definition) is 2. The Kier molecular flexibility index (Phi) is 20.4. The van der Waals surface area contributed by atoms with E-state index in [2.05, 4.69) is 246 Å². The van der Waals surface area contributed by atoms with Gasteiger partial charge in [-0.15, -0.1) is 0 Å². The molecule has 0 fully saturated rings. The number of rotatable bonds is 13. The van der Waals surface area contributed by atoms with Gasteiger partial charge >= 0.3 is 0 Å². The monoisotopic (exact) mass is 1420 g/mol. The Morgan fingerprint density at radius 1 is 0.333 bits per heavy atom. The van der Waals surface area contributed by atoms with Crippen molar-refractivity contribution < 1.29 is 54.3 Å². The summed E-state index contributed by atoms with van der Waals surface area (Å²) in [7, 11) is 0. The molecule has 93 heavy (non-hydrogen) atoms. The van der Waals surface area contributed by atoms with Gasteiger partial charge < -0.3 is 43.7 Å². The standard InChI is InChI=1S/C82H98F2N2O4.2CH3.Hf/c1-75(2,3)47-81(19,20)53-41-63(73(87)69(43-53)85-65-29-23-49(77(7,8)9)37-57(65)58-38-50(78(10,11)12)24-30-66(58)85)61-45-55(83)27-33-71(61)89-35-36-90-72-34-28-56(84)46-62(72)64-42-54(82(21,22)48-76(4,5)6)44-70(74(64)88)86-67-31-25-51(79(13,14)15)39-59(67)60-40-52(80(16,17)18)26-32-68(60)86;;;/h23-34,37-46,87-88H,35-36,47-48H2,1-22H3;2*1H3;/q;2*-1;/p+2. The summed E-state index contributed by atoms with van der Waals surface area (Å²) in [5.74, 6) is 0.118. The summed E-state index contributed by atoms with van der Waals surface area (Å²) in [4.78, 5) is 0. The molecule has 10 rings (SSSR count). The first-order chi connectivity index (χ1) is 41.5. The smallest absolute Gasteiger partial charge is 0.263 e. The van der Waals surface area contributed by atoms with Crippen molar-refractivity contribution in [1.82, 2.24) is 9.13 Å². The minimum atomic E-state index is -0.455. The van der Waals surface area contributed by atoms with E-state index in [1.165, 1.54) is 46.5 Å². The zero-order valence-corrected chi connectivity index (χ0v) is 64.1. The van der Waals surface area contributed by atoms with Crippen LogP contribution >= 0.6 is 0 Å². The molecule has 4 N–H and O–H groups in total. The first-order valence-electron chi connectivity index (χ1n) is 32.4. The first-order valence-corrected chi connectivity index (χ1v) is 32.4. The molecule has 0 amide bonds. The summed E-state index contributed by atoms with van der Waals surface area (Å²) >= 11 is 0. The van der Waals surface area contributed by atoms with Crippen LogP contribution in [0, 0.1) is 37.3 Å². The minimum absolute atomic E-state index is 0. The van der Waals surface area contributed by atoms with Gasteiger partial charge in [0.25, 0.3) is 24.7 Å². The molecular weight excluding hydrogens is 1320 g/mol. The molecule has 0 atom stereocenters. The third kappa shape index (κ3) is 15.0. The molecule has 10 aromatic rings. The average molecular weight is 1420 g/mol. The molecule has 9 heteroatoms. The Labute approximate surface area is 574 Å². The average Bonchev–Trinajstić information content (AvgIpc) is 1.62. The molecule has 0 radical (unpaired) electrons. The maximum atomic E-state index is 16.0. The molecule has 8 aromatic carbocycles. The largest absolute Gasteiger partial charge is 0.576 e. The fraction of sp³-hybridized carbons (Fsp3) is 0.405. The molecule has 0 spiro atoms. The molecule has 0 aliphatic heterocycles. The van der Waals surface area contributed by atoms with E-state index in [0.29, 0.717) is 45.1 Å². The number of nitrogens with zero attached hydrogens (tertiary/aromatic N) is 2. The Morgan fingerprint density at radius 2 is 0.602 bits per heavy atom. The molecule has 0 aliphatic rings. The third-order valence-corrected chi connectivity index (χ3v) is 18.3. The normalized spacial score (nSPS) is 12.9. The van der Waals surface area contributed by atoms with E-state index in [1.54, 1.807) is 12.1 Å². The minimum Gasteiger partial charge on any atom is -0.576 e. The van der Waals surface area contributed by atoms with Gasteiger partial charge in [0.2, 0.25) is 0 Å². The third-order valence-electron chi connectivity index (χ3n) is 18.3. The summed E-state index contributed by atoms with van der Waals surface area (Å²) < 4.78 is 46.7. The summed E-state index contributed by atoms with van der Waals surface area (Å²) in [6.07, 6.45) is 1.67. The van der Waals surface area contributed by atoms with Crippen molar-refractivity contribution >= 4 is 43.6 Å². The molecule has 0 aliphatic carbocycles. The number of aromatic hydroxyl groups is 4. The number of hydrogen-bond acceptors (Lipinski definition) is 2. The Bertz CT molecular complexity index is 3990. The van der Waals surface area contributed by atoms with Gasteiger partial charge in [-0.3, -0.25) is 0 Å². The van der Waals surface area contributed by atoms with Crippen LogP contribution in [-0.2, 0) is 58.3 Å². The van der Waals surface area contributed by atoms with E-state index >= 15 is 8.78 Å². The van der Waals surface area contributed by atoms with Crippen LogP contribution in [0.15, 0.2) is 133 Å². The number of phenols is 2. The maximum absolute atomic E-state index is 16.0. The molecular formula is C84H106F2HfN2O4. The van der Waals surface area contributed by atoms with Crippen molar-refractivity contribution in [2.24, 2.45) is 10.8 Å². The van der Waals surface area contributed by atoms with E-state index in [4.69, 9.17) is 9.47 Å². The van der Waals surface area contributed by atoms with E-state index in [9.17, 15) is 10.2 Å². The van der Waals surface area contributed by atoms with Gasteiger partial charge in [0.1, 0.15) is 23.1 Å². The second-order valence-corrected chi connectivity index (χ2v) is 33.7. The Balaban J connectivity index is 0.00000408. The number of phenolic OH excluding ortho intramolecular Hbond substituents is 2. The number of ether oxygens (including phenoxy) is 2. The van der Waals surface area contributed by atoms with E-state index < -0.39 is 11.6 Å². The fourth-order valence-electron chi connectivity index (χ4n) is 14.1. The van der Waals surface area contributed by atoms with Crippen molar-refractivity contribution in [3.63, 3.8) is 0 Å². The molecule has 6 nitrogen and oxygen atoms in total. The molecule has 0 saturated carbocycles. The SMILES string of the molecule is CC(C)(C)CC(C)(C)c1cc(-c2cc(F)ccc2[OH+]CC[OH+]c2ccc(F)cc2-c2cc(C(C)(C)CC(C)(C)C)cc(-n3c4ccc(C(C)(C)C)cc4c4cc(C(C)(C)C)ccc43)c2O)c(O)c(-n2c3ccc(C(C)(C)C)cc3c3cc(C(C)(C)C)ccc32)c1.[CH3-].[CH3-].[Hf]. The molecule has 0 bridgehead atoms. The topological polar surface area (TPSA) is 75.9 Å². The van der Waals surface area contributed by atoms with Crippen LogP contribution in [0.4, 0.5) is 8.78 Å². The number of aromatic nitrogens is 2. The van der Waals surface area contributed by atoms with Gasteiger partial charge in [0.05, 0.1) is 44.6 Å². The van der Waals surface area contributed by atoms with Crippen LogP contribution in [0.1, 0.15) is 199 Å². The number of halogens is 2. The van der Waals surface area contributed by atoms with Crippen molar-refractivity contribution in [3.05, 3.63) is 193 Å².